The van der Waals surface area contributed by atoms with E-state index in [9.17, 15) is 5.11 Å². The number of thiazole rings is 2. The van der Waals surface area contributed by atoms with Gasteiger partial charge in [0, 0.05) is 179 Å². The van der Waals surface area contributed by atoms with Crippen molar-refractivity contribution in [2.24, 2.45) is 35.7 Å². The van der Waals surface area contributed by atoms with Gasteiger partial charge in [-0.3, -0.25) is 4.98 Å². The van der Waals surface area contributed by atoms with Crippen molar-refractivity contribution in [3.8, 4) is 56.3 Å². The van der Waals surface area contributed by atoms with E-state index in [1.54, 1.807) is 102 Å². The van der Waals surface area contributed by atoms with Gasteiger partial charge in [0.15, 0.2) is 28.2 Å². The minimum atomic E-state index is -0.899. The van der Waals surface area contributed by atoms with Crippen LogP contribution in [-0.2, 0) is 12.6 Å². The Morgan fingerprint density at radius 2 is 0.731 bits per heavy atom. The molecule has 1 unspecified atom stereocenters. The number of nitrogens with zero attached hydrogens (tertiary/aromatic N) is 19. The number of imidazole rings is 5. The van der Waals surface area contributed by atoms with Crippen molar-refractivity contribution in [2.75, 3.05) is 0 Å². The highest BCUT2D eigenvalue weighted by Crippen LogP contribution is 2.35. The van der Waals surface area contributed by atoms with Crippen LogP contribution in [0.4, 0.5) is 0 Å². The van der Waals surface area contributed by atoms with Crippen LogP contribution in [0.1, 0.15) is 112 Å². The van der Waals surface area contributed by atoms with Gasteiger partial charge in [-0.1, -0.05) is 42.5 Å². The highest BCUT2D eigenvalue weighted by Gasteiger charge is 2.22. The maximum absolute atomic E-state index is 10.2. The van der Waals surface area contributed by atoms with Crippen molar-refractivity contribution in [2.45, 2.75) is 84.3 Å². The lowest BCUT2D eigenvalue weighted by molar-refractivity contribution is 0.0786. The fraction of sp³-hybridized carbons (Fsp3) is 0.182. The summed E-state index contributed by atoms with van der Waals surface area (Å²) in [5, 5.41) is 34.7. The van der Waals surface area contributed by atoms with Crippen molar-refractivity contribution in [3.05, 3.63) is 252 Å². The standard InChI is InChI=1S/C17H17N5.C17H20N4O.2C15H13N5S.C13H13N5/c1-11(18)14-10-16-19-6-8-22(16)20-17(14)13-4-3-12-5-7-21(2)15(12)9-13;1-11(18)14-10-15-19-7-8-21(15)20-16(14)12-5-4-6-13(9-12)17(2,3)22;2*1-9(16)11-7-14-17-4-5-20(14)19-15(11)10-2-3-13-12(6-10)18-8-21-13;1-9(14)11-7-12-16-5-6-18(12)17-13(11)10-3-2-4-15-8-10/h3-11H,18H2,1-2H3;4-11,22H,18H2,1-3H3;2*2-9H,16H2,1H3;2-9H,14H2,1H3/t11-;;3*9-/m0.100/s1. The van der Waals surface area contributed by atoms with E-state index in [4.69, 9.17) is 33.8 Å². The molecule has 25 nitrogen and oxygen atoms in total. The summed E-state index contributed by atoms with van der Waals surface area (Å²) >= 11 is 3.27. The number of nitrogens with two attached hydrogens (primary N) is 5. The summed E-state index contributed by atoms with van der Waals surface area (Å²) in [6.07, 6.45) is 23.4. The van der Waals surface area contributed by atoms with Crippen LogP contribution in [0.5, 0.6) is 0 Å². The van der Waals surface area contributed by atoms with Gasteiger partial charge in [0.1, 0.15) is 0 Å². The van der Waals surface area contributed by atoms with Crippen LogP contribution in [0.25, 0.3) is 116 Å². The molecule has 0 radical (unpaired) electrons. The molecule has 522 valence electrons. The highest BCUT2D eigenvalue weighted by molar-refractivity contribution is 7.17. The molecule has 0 bridgehead atoms. The molecule has 0 saturated heterocycles. The van der Waals surface area contributed by atoms with Gasteiger partial charge < -0.3 is 38.3 Å². The smallest absolute Gasteiger partial charge is 0.153 e. The maximum atomic E-state index is 10.2. The van der Waals surface area contributed by atoms with E-state index in [1.807, 2.05) is 150 Å². The average Bonchev–Trinajstić information content (AvgIpc) is 1.60. The topological polar surface area (TPSA) is 345 Å². The Morgan fingerprint density at radius 1 is 0.375 bits per heavy atom. The van der Waals surface area contributed by atoms with Crippen molar-refractivity contribution >= 4 is 82.2 Å². The van der Waals surface area contributed by atoms with Crippen molar-refractivity contribution < 1.29 is 5.11 Å². The number of rotatable bonds is 11. The van der Waals surface area contributed by atoms with E-state index in [-0.39, 0.29) is 30.2 Å². The number of fused-ring (bicyclic) bond motifs is 8. The molecule has 0 saturated carbocycles. The van der Waals surface area contributed by atoms with E-state index in [0.29, 0.717) is 0 Å². The molecular weight excluding hydrogens is 1340 g/mol. The van der Waals surface area contributed by atoms with E-state index in [1.165, 1.54) is 20.3 Å². The zero-order valence-corrected chi connectivity index (χ0v) is 60.0. The Balaban J connectivity index is 0.000000110. The predicted octanol–water partition coefficient (Wildman–Crippen LogP) is 13.4. The molecular formula is C77H76N24OS2. The first kappa shape index (κ1) is 69.3. The van der Waals surface area contributed by atoms with Crippen molar-refractivity contribution in [1.29, 1.82) is 0 Å². The average molecular weight is 1420 g/mol. The summed E-state index contributed by atoms with van der Waals surface area (Å²) in [4.78, 5) is 34.2. The van der Waals surface area contributed by atoms with Crippen LogP contribution in [0.3, 0.4) is 0 Å². The van der Waals surface area contributed by atoms with Gasteiger partial charge >= 0.3 is 0 Å². The maximum Gasteiger partial charge on any atom is 0.153 e. The van der Waals surface area contributed by atoms with E-state index in [0.717, 1.165) is 129 Å². The first-order valence-corrected chi connectivity index (χ1v) is 35.4. The molecule has 14 heterocycles. The van der Waals surface area contributed by atoms with Gasteiger partial charge in [-0.25, -0.2) is 57.5 Å². The van der Waals surface area contributed by atoms with Crippen LogP contribution >= 0.6 is 22.7 Å². The van der Waals surface area contributed by atoms with Gasteiger partial charge in [-0.15, -0.1) is 22.7 Å². The normalized spacial score (nSPS) is 13.1. The summed E-state index contributed by atoms with van der Waals surface area (Å²) in [6.45, 7) is 13.3. The minimum Gasteiger partial charge on any atom is -0.386 e. The monoisotopic (exact) mass is 1420 g/mol. The summed E-state index contributed by atoms with van der Waals surface area (Å²) in [5.41, 5.74) is 55.5. The number of benzene rings is 4. The Hall–Kier alpha value is -11.8. The second kappa shape index (κ2) is 29.3. The van der Waals surface area contributed by atoms with Crippen LogP contribution in [-0.4, -0.2) is 97.6 Å². The molecule has 0 amide bonds. The summed E-state index contributed by atoms with van der Waals surface area (Å²) in [5.74, 6) is 0. The summed E-state index contributed by atoms with van der Waals surface area (Å²) in [6, 6.07) is 41.9. The van der Waals surface area contributed by atoms with Crippen LogP contribution in [0, 0.1) is 0 Å². The van der Waals surface area contributed by atoms with Gasteiger partial charge in [0.2, 0.25) is 0 Å². The number of aromatic nitrogens is 19. The van der Waals surface area contributed by atoms with Crippen LogP contribution in [0.15, 0.2) is 219 Å². The van der Waals surface area contributed by atoms with Crippen molar-refractivity contribution in [1.82, 2.24) is 92.5 Å². The molecule has 0 fully saturated rings. The fourth-order valence-corrected chi connectivity index (χ4v) is 13.5. The van der Waals surface area contributed by atoms with Gasteiger partial charge in [-0.2, -0.15) is 25.5 Å². The number of hydrogen-bond donors (Lipinski definition) is 6. The van der Waals surface area contributed by atoms with Crippen LogP contribution in [0.2, 0.25) is 0 Å². The number of aryl methyl sites for hydroxylation is 1. The van der Waals surface area contributed by atoms with E-state index in [2.05, 4.69) is 132 Å². The molecule has 0 aliphatic carbocycles. The molecule has 14 aromatic heterocycles. The van der Waals surface area contributed by atoms with E-state index >= 15 is 0 Å². The zero-order chi connectivity index (χ0) is 72.5. The number of pyridine rings is 1. The molecule has 0 aliphatic rings. The van der Waals surface area contributed by atoms with Gasteiger partial charge in [0.05, 0.1) is 65.5 Å². The molecule has 5 atom stereocenters. The molecule has 0 aliphatic heterocycles. The molecule has 4 aromatic carbocycles. The first-order chi connectivity index (χ1) is 50.2. The lowest BCUT2D eigenvalue weighted by Crippen LogP contribution is -2.15. The van der Waals surface area contributed by atoms with Gasteiger partial charge in [0.25, 0.3) is 0 Å². The quantitative estimate of drug-likeness (QED) is 0.0700. The van der Waals surface area contributed by atoms with Crippen LogP contribution < -0.4 is 28.7 Å². The number of aliphatic hydroxyl groups is 1. The summed E-state index contributed by atoms with van der Waals surface area (Å²) < 4.78 is 13.3. The minimum absolute atomic E-state index is 0.102. The molecule has 0 spiro atoms. The Labute approximate surface area is 605 Å². The summed E-state index contributed by atoms with van der Waals surface area (Å²) in [7, 11) is 2.05. The Morgan fingerprint density at radius 3 is 1.10 bits per heavy atom. The zero-order valence-electron chi connectivity index (χ0n) is 58.3. The Kier molecular flexibility index (Phi) is 19.5. The van der Waals surface area contributed by atoms with E-state index < -0.39 is 5.60 Å². The predicted molar refractivity (Wildman–Crippen MR) is 411 cm³/mol. The highest BCUT2D eigenvalue weighted by atomic mass is 32.1. The first-order valence-electron chi connectivity index (χ1n) is 33.7. The number of hydrogen-bond acceptors (Lipinski definition) is 21. The third-order valence-electron chi connectivity index (χ3n) is 17.7. The largest absolute Gasteiger partial charge is 0.386 e. The lowest BCUT2D eigenvalue weighted by atomic mass is 9.94. The third kappa shape index (κ3) is 14.5. The fourth-order valence-electron chi connectivity index (χ4n) is 12.2. The molecule has 27 heteroatoms. The third-order valence-corrected chi connectivity index (χ3v) is 19.3. The van der Waals surface area contributed by atoms with Crippen molar-refractivity contribution in [3.63, 3.8) is 0 Å². The molecule has 18 rings (SSSR count). The van der Waals surface area contributed by atoms with Gasteiger partial charge in [-0.05, 0) is 144 Å². The second-order valence-corrected chi connectivity index (χ2v) is 27.8. The lowest BCUT2D eigenvalue weighted by Gasteiger charge is -2.19. The molecule has 18 aromatic rings. The molecule has 11 N–H and O–H groups in total. The Bertz CT molecular complexity index is 5890. The second-order valence-electron chi connectivity index (χ2n) is 26.0. The SMILES string of the molecule is CC(N)c1cc2nccn2nc1-c1cccc(C(C)(C)O)c1.C[C@@H](N)c1cc2nccn2nc1-c1ccc2scnc2c1.C[C@H](N)c1cc2nccn2nc1-c1ccc2ccn(C)c2c1.C[C@H](N)c1cc2nccn2nc1-c1ccc2scnc2c1.C[C@H](N)c1cc2nccn2nc1-c1cccnc1. The molecule has 104 heavy (non-hydrogen) atoms.